The first-order chi connectivity index (χ1) is 9.62. The van der Waals surface area contributed by atoms with Crippen LogP contribution >= 0.6 is 0 Å². The second-order valence-electron chi connectivity index (χ2n) is 6.48. The second-order valence-corrected chi connectivity index (χ2v) is 8.44. The lowest BCUT2D eigenvalue weighted by molar-refractivity contribution is 0.361. The average Bonchev–Trinajstić information content (AvgIpc) is 2.54. The van der Waals surface area contributed by atoms with Gasteiger partial charge in [-0.05, 0) is 33.7 Å². The number of hydrogen-bond acceptors (Lipinski definition) is 6. The molecule has 120 valence electrons. The fraction of sp³-hybridized carbons (Fsp3) is 0.769. The molecule has 1 aliphatic rings. The quantitative estimate of drug-likeness (QED) is 0.822. The lowest BCUT2D eigenvalue weighted by Crippen LogP contribution is -2.30. The van der Waals surface area contributed by atoms with E-state index in [1.54, 1.807) is 4.68 Å². The predicted molar refractivity (Wildman–Crippen MR) is 84.4 cm³/mol. The molecule has 1 aliphatic heterocycles. The Morgan fingerprint density at radius 2 is 1.90 bits per heavy atom. The normalized spacial score (nSPS) is 17.8. The third-order valence-electron chi connectivity index (χ3n) is 3.50. The van der Waals surface area contributed by atoms with Crippen LogP contribution in [0, 0.1) is 0 Å². The van der Waals surface area contributed by atoms with Crippen LogP contribution in [0.5, 0.6) is 0 Å². The van der Waals surface area contributed by atoms with Gasteiger partial charge in [0, 0.05) is 25.9 Å². The molecule has 2 rings (SSSR count). The van der Waals surface area contributed by atoms with Gasteiger partial charge in [0.05, 0.1) is 5.54 Å². The van der Waals surface area contributed by atoms with E-state index < -0.39 is 9.84 Å². The molecule has 1 aromatic rings. The fourth-order valence-electron chi connectivity index (χ4n) is 2.54. The van der Waals surface area contributed by atoms with Crippen LogP contribution in [-0.2, 0) is 15.4 Å². The number of nitrogens with two attached hydrogens (primary N) is 1. The maximum Gasteiger partial charge on any atom is 0.182 e. The van der Waals surface area contributed by atoms with Crippen molar-refractivity contribution in [2.24, 2.45) is 0 Å². The highest BCUT2D eigenvalue weighted by molar-refractivity contribution is 7.91. The van der Waals surface area contributed by atoms with E-state index in [0.29, 0.717) is 5.82 Å². The zero-order valence-electron chi connectivity index (χ0n) is 13.2. The summed E-state index contributed by atoms with van der Waals surface area (Å²) < 4.78 is 25.9. The highest BCUT2D eigenvalue weighted by Gasteiger charge is 2.31. The van der Waals surface area contributed by atoms with Crippen molar-refractivity contribution in [2.75, 3.05) is 43.1 Å². The van der Waals surface area contributed by atoms with Gasteiger partial charge in [0.2, 0.25) is 0 Å². The lowest BCUT2D eigenvalue weighted by Gasteiger charge is -2.22. The van der Waals surface area contributed by atoms with Crippen molar-refractivity contribution in [3.63, 3.8) is 0 Å². The van der Waals surface area contributed by atoms with Gasteiger partial charge in [-0.3, -0.25) is 0 Å². The molecule has 0 spiro atoms. The zero-order valence-corrected chi connectivity index (χ0v) is 14.0. The largest absolute Gasteiger partial charge is 0.383 e. The number of nitrogens with one attached hydrogen (secondary N) is 1. The maximum absolute atomic E-state index is 12.2. The molecular formula is C13H25N5O2S. The van der Waals surface area contributed by atoms with E-state index in [0.717, 1.165) is 32.6 Å². The number of rotatable bonds is 2. The predicted octanol–water partition coefficient (Wildman–Crippen LogP) is 0.424. The summed E-state index contributed by atoms with van der Waals surface area (Å²) in [6, 6.07) is 0. The van der Waals surface area contributed by atoms with Crippen LogP contribution in [0.4, 0.5) is 11.6 Å². The first kappa shape index (κ1) is 16.1. The van der Waals surface area contributed by atoms with Crippen LogP contribution in [0.15, 0.2) is 4.90 Å². The summed E-state index contributed by atoms with van der Waals surface area (Å²) in [5, 5.41) is 7.82. The minimum atomic E-state index is -3.44. The Bertz CT molecular complexity index is 607. The summed E-state index contributed by atoms with van der Waals surface area (Å²) in [7, 11) is -3.44. The van der Waals surface area contributed by atoms with E-state index in [1.807, 2.05) is 25.7 Å². The summed E-state index contributed by atoms with van der Waals surface area (Å²) in [5.74, 6) is 0.700. The van der Waals surface area contributed by atoms with E-state index >= 15 is 0 Å². The third-order valence-corrected chi connectivity index (χ3v) is 4.64. The van der Waals surface area contributed by atoms with Crippen LogP contribution in [0.2, 0.25) is 0 Å². The highest BCUT2D eigenvalue weighted by Crippen LogP contribution is 2.33. The molecule has 3 N–H and O–H groups in total. The molecule has 0 atom stereocenters. The van der Waals surface area contributed by atoms with Crippen molar-refractivity contribution >= 4 is 21.5 Å². The van der Waals surface area contributed by atoms with Crippen LogP contribution in [0.1, 0.15) is 27.2 Å². The Labute approximate surface area is 126 Å². The molecule has 21 heavy (non-hydrogen) atoms. The first-order valence-corrected chi connectivity index (χ1v) is 9.06. The molecule has 2 heterocycles. The van der Waals surface area contributed by atoms with E-state index in [1.165, 1.54) is 6.26 Å². The summed E-state index contributed by atoms with van der Waals surface area (Å²) in [6.45, 7) is 9.10. The topological polar surface area (TPSA) is 93.2 Å². The van der Waals surface area contributed by atoms with Gasteiger partial charge in [-0.25, -0.2) is 13.1 Å². The monoisotopic (exact) mass is 315 g/mol. The molecule has 8 heteroatoms. The average molecular weight is 315 g/mol. The van der Waals surface area contributed by atoms with Gasteiger partial charge in [0.25, 0.3) is 0 Å². The van der Waals surface area contributed by atoms with Crippen LogP contribution in [0.25, 0.3) is 0 Å². The van der Waals surface area contributed by atoms with Crippen LogP contribution < -0.4 is 16.0 Å². The molecule has 0 saturated carbocycles. The number of anilines is 2. The number of aromatic nitrogens is 2. The fourth-order valence-corrected chi connectivity index (χ4v) is 3.50. The Kier molecular flexibility index (Phi) is 4.21. The van der Waals surface area contributed by atoms with Crippen LogP contribution in [0.3, 0.4) is 0 Å². The van der Waals surface area contributed by atoms with Gasteiger partial charge < -0.3 is 16.0 Å². The van der Waals surface area contributed by atoms with E-state index in [4.69, 9.17) is 5.73 Å². The van der Waals surface area contributed by atoms with Crippen molar-refractivity contribution in [2.45, 2.75) is 37.6 Å². The van der Waals surface area contributed by atoms with Crippen LogP contribution in [-0.4, -0.2) is 50.6 Å². The van der Waals surface area contributed by atoms with Crippen molar-refractivity contribution < 1.29 is 8.42 Å². The summed E-state index contributed by atoms with van der Waals surface area (Å²) in [6.07, 6.45) is 2.14. The Morgan fingerprint density at radius 1 is 1.24 bits per heavy atom. The minimum Gasteiger partial charge on any atom is -0.383 e. The first-order valence-electron chi connectivity index (χ1n) is 7.17. The molecule has 0 aliphatic carbocycles. The highest BCUT2D eigenvalue weighted by atomic mass is 32.2. The standard InChI is InChI=1S/C13H25N5O2S/c1-13(2,3)18-11(14)10(21(4,19)20)12(16-18)17-8-5-6-15-7-9-17/h15H,5-9,14H2,1-4H3. The van der Waals surface area contributed by atoms with Gasteiger partial charge in [-0.15, -0.1) is 0 Å². The third kappa shape index (κ3) is 3.32. The Hall–Kier alpha value is -1.28. The smallest absolute Gasteiger partial charge is 0.182 e. The van der Waals surface area contributed by atoms with Gasteiger partial charge in [-0.2, -0.15) is 5.10 Å². The van der Waals surface area contributed by atoms with Gasteiger partial charge in [0.15, 0.2) is 20.6 Å². The number of nitrogens with zero attached hydrogens (tertiary/aromatic N) is 3. The lowest BCUT2D eigenvalue weighted by atomic mass is 10.1. The molecule has 0 bridgehead atoms. The van der Waals surface area contributed by atoms with Crippen molar-refractivity contribution in [3.05, 3.63) is 0 Å². The Morgan fingerprint density at radius 3 is 2.48 bits per heavy atom. The van der Waals surface area contributed by atoms with Gasteiger partial charge >= 0.3 is 0 Å². The number of sulfone groups is 1. The molecule has 1 saturated heterocycles. The molecular weight excluding hydrogens is 290 g/mol. The molecule has 0 radical (unpaired) electrons. The molecule has 0 aromatic carbocycles. The van der Waals surface area contributed by atoms with E-state index in [9.17, 15) is 8.42 Å². The van der Waals surface area contributed by atoms with Crippen molar-refractivity contribution in [1.82, 2.24) is 15.1 Å². The molecule has 0 amide bonds. The van der Waals surface area contributed by atoms with Crippen molar-refractivity contribution in [3.8, 4) is 0 Å². The summed E-state index contributed by atoms with van der Waals surface area (Å²) in [4.78, 5) is 2.16. The SMILES string of the molecule is CC(C)(C)n1nc(N2CCCNCC2)c(S(C)(=O)=O)c1N. The molecule has 0 unspecified atom stereocenters. The van der Waals surface area contributed by atoms with Crippen molar-refractivity contribution in [1.29, 1.82) is 0 Å². The number of nitrogen functional groups attached to an aromatic ring is 1. The van der Waals surface area contributed by atoms with Gasteiger partial charge in [0.1, 0.15) is 5.82 Å². The molecule has 7 nitrogen and oxygen atoms in total. The Balaban J connectivity index is 2.58. The number of hydrogen-bond donors (Lipinski definition) is 2. The molecule has 1 fully saturated rings. The summed E-state index contributed by atoms with van der Waals surface area (Å²) >= 11 is 0. The molecule has 1 aromatic heterocycles. The van der Waals surface area contributed by atoms with Gasteiger partial charge in [-0.1, -0.05) is 0 Å². The van der Waals surface area contributed by atoms with E-state index in [-0.39, 0.29) is 16.3 Å². The summed E-state index contributed by atoms with van der Waals surface area (Å²) in [5.41, 5.74) is 5.73. The maximum atomic E-state index is 12.2. The zero-order chi connectivity index (χ0) is 15.8. The van der Waals surface area contributed by atoms with E-state index in [2.05, 4.69) is 10.4 Å². The second kappa shape index (κ2) is 5.49. The minimum absolute atomic E-state index is 0.152.